The Balaban J connectivity index is 1.79. The zero-order valence-corrected chi connectivity index (χ0v) is 14.8. The lowest BCUT2D eigenvalue weighted by atomic mass is 10.1. The Labute approximate surface area is 150 Å². The third-order valence-electron chi connectivity index (χ3n) is 4.03. The molecule has 1 aliphatic heterocycles. The van der Waals surface area contributed by atoms with Crippen molar-refractivity contribution in [3.63, 3.8) is 0 Å². The van der Waals surface area contributed by atoms with Gasteiger partial charge in [-0.25, -0.2) is 9.59 Å². The number of benzene rings is 1. The summed E-state index contributed by atoms with van der Waals surface area (Å²) in [5, 5.41) is 0.539. The van der Waals surface area contributed by atoms with Crippen LogP contribution < -0.4 is 4.74 Å². The van der Waals surface area contributed by atoms with Crippen molar-refractivity contribution in [1.82, 2.24) is 4.90 Å². The zero-order chi connectivity index (χ0) is 18.5. The van der Waals surface area contributed by atoms with Crippen molar-refractivity contribution in [1.29, 1.82) is 0 Å². The van der Waals surface area contributed by atoms with E-state index in [0.717, 1.165) is 0 Å². The fraction of sp³-hybridized carbons (Fsp3) is 0.444. The molecule has 0 spiro atoms. The van der Waals surface area contributed by atoms with Gasteiger partial charge in [-0.3, -0.25) is 0 Å². The van der Waals surface area contributed by atoms with Gasteiger partial charge in [0.2, 0.25) is 0 Å². The van der Waals surface area contributed by atoms with E-state index in [0.29, 0.717) is 61.0 Å². The van der Waals surface area contributed by atoms with E-state index in [4.69, 9.17) is 23.4 Å². The van der Waals surface area contributed by atoms with Gasteiger partial charge in [-0.1, -0.05) is 0 Å². The number of carbonyl (C=O) groups excluding carboxylic acids is 2. The smallest absolute Gasteiger partial charge is 0.415 e. The summed E-state index contributed by atoms with van der Waals surface area (Å²) in [6, 6.07) is 4.90. The molecule has 8 nitrogen and oxygen atoms in total. The highest BCUT2D eigenvalue weighted by atomic mass is 16.6. The summed E-state index contributed by atoms with van der Waals surface area (Å²) in [7, 11) is 1.53. The summed E-state index contributed by atoms with van der Waals surface area (Å²) in [5.41, 5.74) is 0.840. The van der Waals surface area contributed by atoms with Crippen molar-refractivity contribution in [2.24, 2.45) is 0 Å². The summed E-state index contributed by atoms with van der Waals surface area (Å²) in [5.74, 6) is 0.273. The van der Waals surface area contributed by atoms with Crippen LogP contribution in [0.5, 0.6) is 5.75 Å². The van der Waals surface area contributed by atoms with Crippen molar-refractivity contribution < 1.29 is 33.0 Å². The maximum Gasteiger partial charge on any atom is 0.415 e. The highest BCUT2D eigenvalue weighted by Crippen LogP contribution is 2.30. The lowest BCUT2D eigenvalue weighted by Gasteiger charge is -2.25. The Morgan fingerprint density at radius 1 is 1.19 bits per heavy atom. The molecule has 1 aliphatic rings. The van der Waals surface area contributed by atoms with Gasteiger partial charge in [0, 0.05) is 25.6 Å². The number of rotatable bonds is 5. The third-order valence-corrected chi connectivity index (χ3v) is 4.03. The fourth-order valence-electron chi connectivity index (χ4n) is 2.72. The minimum absolute atomic E-state index is 0.146. The van der Waals surface area contributed by atoms with Crippen LogP contribution in [-0.4, -0.2) is 63.6 Å². The standard InChI is InChI=1S/C18H21NO7/c1-12-16(17(20)24-10-9-22-2)14-11-13(3-4-15(14)25-12)26-18(21)19-5-7-23-8-6-19/h3-4,11H,5-10H2,1-2H3. The normalized spacial score (nSPS) is 14.5. The van der Waals surface area contributed by atoms with E-state index in [-0.39, 0.29) is 6.61 Å². The van der Waals surface area contributed by atoms with Gasteiger partial charge in [-0.05, 0) is 25.1 Å². The molecule has 3 rings (SSSR count). The molecular weight excluding hydrogens is 342 g/mol. The van der Waals surface area contributed by atoms with Crippen molar-refractivity contribution in [2.45, 2.75) is 6.92 Å². The van der Waals surface area contributed by atoms with E-state index in [2.05, 4.69) is 0 Å². The van der Waals surface area contributed by atoms with Gasteiger partial charge in [0.1, 0.15) is 29.3 Å². The van der Waals surface area contributed by atoms with Crippen LogP contribution in [0.4, 0.5) is 4.79 Å². The monoisotopic (exact) mass is 363 g/mol. The first kappa shape index (κ1) is 18.2. The highest BCUT2D eigenvalue weighted by Gasteiger charge is 2.22. The number of carbonyl (C=O) groups is 2. The molecule has 0 radical (unpaired) electrons. The number of methoxy groups -OCH3 is 1. The first-order chi connectivity index (χ1) is 12.6. The molecule has 0 N–H and O–H groups in total. The van der Waals surface area contributed by atoms with Gasteiger partial charge < -0.3 is 28.3 Å². The van der Waals surface area contributed by atoms with Crippen LogP contribution in [0.3, 0.4) is 0 Å². The van der Waals surface area contributed by atoms with E-state index < -0.39 is 12.1 Å². The molecule has 0 atom stereocenters. The lowest BCUT2D eigenvalue weighted by Crippen LogP contribution is -2.42. The molecule has 2 heterocycles. The zero-order valence-electron chi connectivity index (χ0n) is 14.8. The van der Waals surface area contributed by atoms with Crippen LogP contribution in [0.2, 0.25) is 0 Å². The van der Waals surface area contributed by atoms with Gasteiger partial charge in [-0.15, -0.1) is 0 Å². The number of ether oxygens (including phenoxy) is 4. The maximum atomic E-state index is 12.3. The van der Waals surface area contributed by atoms with Crippen LogP contribution >= 0.6 is 0 Å². The first-order valence-electron chi connectivity index (χ1n) is 8.34. The van der Waals surface area contributed by atoms with Gasteiger partial charge in [-0.2, -0.15) is 0 Å². The average molecular weight is 363 g/mol. The number of esters is 1. The Morgan fingerprint density at radius 3 is 2.69 bits per heavy atom. The number of morpholine rings is 1. The molecule has 26 heavy (non-hydrogen) atoms. The summed E-state index contributed by atoms with van der Waals surface area (Å²) in [6.07, 6.45) is -0.447. The molecule has 1 aromatic heterocycles. The molecule has 1 amide bonds. The van der Waals surface area contributed by atoms with Crippen molar-refractivity contribution >= 4 is 23.0 Å². The molecule has 0 bridgehead atoms. The number of fused-ring (bicyclic) bond motifs is 1. The molecule has 1 fully saturated rings. The Morgan fingerprint density at radius 2 is 1.96 bits per heavy atom. The topological polar surface area (TPSA) is 87.4 Å². The van der Waals surface area contributed by atoms with E-state index in [1.54, 1.807) is 30.0 Å². The number of hydrogen-bond acceptors (Lipinski definition) is 7. The van der Waals surface area contributed by atoms with Crippen LogP contribution in [0.1, 0.15) is 16.1 Å². The number of aryl methyl sites for hydroxylation is 1. The fourth-order valence-corrected chi connectivity index (χ4v) is 2.72. The summed E-state index contributed by atoms with van der Waals surface area (Å²) >= 11 is 0. The molecule has 0 saturated carbocycles. The van der Waals surface area contributed by atoms with Crippen molar-refractivity contribution in [2.75, 3.05) is 46.6 Å². The SMILES string of the molecule is COCCOC(=O)c1c(C)oc2ccc(OC(=O)N3CCOCC3)cc12. The van der Waals surface area contributed by atoms with Crippen LogP contribution in [0.15, 0.2) is 22.6 Å². The molecule has 8 heteroatoms. The van der Waals surface area contributed by atoms with E-state index in [9.17, 15) is 9.59 Å². The minimum atomic E-state index is -0.505. The first-order valence-corrected chi connectivity index (χ1v) is 8.34. The second-order valence-corrected chi connectivity index (χ2v) is 5.79. The third kappa shape index (κ3) is 3.97. The van der Waals surface area contributed by atoms with Gasteiger partial charge in [0.25, 0.3) is 0 Å². The van der Waals surface area contributed by atoms with Gasteiger partial charge >= 0.3 is 12.1 Å². The molecular formula is C18H21NO7. The predicted molar refractivity (Wildman–Crippen MR) is 91.5 cm³/mol. The van der Waals surface area contributed by atoms with E-state index in [1.807, 2.05) is 0 Å². The summed E-state index contributed by atoms with van der Waals surface area (Å²) in [4.78, 5) is 26.1. The molecule has 1 aromatic carbocycles. The van der Waals surface area contributed by atoms with Gasteiger partial charge in [0.15, 0.2) is 0 Å². The quantitative estimate of drug-likeness (QED) is 0.595. The second-order valence-electron chi connectivity index (χ2n) is 5.79. The van der Waals surface area contributed by atoms with Crippen molar-refractivity contribution in [3.05, 3.63) is 29.5 Å². The molecule has 1 saturated heterocycles. The summed E-state index contributed by atoms with van der Waals surface area (Å²) < 4.78 is 26.3. The number of amides is 1. The summed E-state index contributed by atoms with van der Waals surface area (Å²) in [6.45, 7) is 4.10. The largest absolute Gasteiger partial charge is 0.460 e. The Hall–Kier alpha value is -2.58. The van der Waals surface area contributed by atoms with E-state index >= 15 is 0 Å². The average Bonchev–Trinajstić information content (AvgIpc) is 2.97. The van der Waals surface area contributed by atoms with Crippen LogP contribution in [0, 0.1) is 6.92 Å². The number of nitrogens with zero attached hydrogens (tertiary/aromatic N) is 1. The van der Waals surface area contributed by atoms with Crippen LogP contribution in [0.25, 0.3) is 11.0 Å². The number of hydrogen-bond donors (Lipinski definition) is 0. The molecule has 2 aromatic rings. The maximum absolute atomic E-state index is 12.3. The Bertz CT molecular complexity index is 792. The molecule has 0 aliphatic carbocycles. The van der Waals surface area contributed by atoms with Crippen molar-refractivity contribution in [3.8, 4) is 5.75 Å². The molecule has 0 unspecified atom stereocenters. The van der Waals surface area contributed by atoms with Crippen LogP contribution in [-0.2, 0) is 14.2 Å². The lowest BCUT2D eigenvalue weighted by molar-refractivity contribution is 0.0388. The second kappa shape index (κ2) is 8.20. The van der Waals surface area contributed by atoms with Gasteiger partial charge in [0.05, 0.1) is 19.8 Å². The highest BCUT2D eigenvalue weighted by molar-refractivity contribution is 6.05. The van der Waals surface area contributed by atoms with E-state index in [1.165, 1.54) is 7.11 Å². The molecule has 140 valence electrons. The number of furan rings is 1. The minimum Gasteiger partial charge on any atom is -0.460 e. The predicted octanol–water partition coefficient (Wildman–Crippen LogP) is 2.38. The Kier molecular flexibility index (Phi) is 5.75.